The smallest absolute Gasteiger partial charge is 0.297 e. The van der Waals surface area contributed by atoms with Gasteiger partial charge < -0.3 is 9.64 Å². The van der Waals surface area contributed by atoms with E-state index in [2.05, 4.69) is 4.98 Å². The summed E-state index contributed by atoms with van der Waals surface area (Å²) in [5, 5.41) is 0.638. The summed E-state index contributed by atoms with van der Waals surface area (Å²) in [6, 6.07) is 7.43. The molecule has 0 amide bonds. The SMILES string of the molecule is CCOc1c(C(C)=O)nc(N(C)Cc2cccc(Cl)c2)n(C)c1=O. The van der Waals surface area contributed by atoms with Gasteiger partial charge in [-0.1, -0.05) is 23.7 Å². The van der Waals surface area contributed by atoms with Gasteiger partial charge >= 0.3 is 0 Å². The predicted octanol–water partition coefficient (Wildman–Crippen LogP) is 2.67. The molecule has 0 bridgehead atoms. The number of Topliss-reactive ketones (excluding diaryl/α,β-unsaturated/α-hetero) is 1. The van der Waals surface area contributed by atoms with Gasteiger partial charge in [0.15, 0.2) is 11.5 Å². The Morgan fingerprint density at radius 1 is 1.42 bits per heavy atom. The minimum Gasteiger partial charge on any atom is -0.486 e. The minimum absolute atomic E-state index is 0.00703. The highest BCUT2D eigenvalue weighted by Crippen LogP contribution is 2.19. The fraction of sp³-hybridized carbons (Fsp3) is 0.353. The van der Waals surface area contributed by atoms with E-state index in [0.717, 1.165) is 5.56 Å². The molecule has 2 aromatic rings. The standard InChI is InChI=1S/C17H20ClN3O3/c1-5-24-15-14(11(2)22)19-17(21(4)16(15)23)20(3)10-12-7-6-8-13(18)9-12/h6-9H,5,10H2,1-4H3. The van der Waals surface area contributed by atoms with Gasteiger partial charge in [-0.3, -0.25) is 14.2 Å². The van der Waals surface area contributed by atoms with Crippen molar-refractivity contribution in [3.63, 3.8) is 0 Å². The Labute approximate surface area is 145 Å². The molecule has 1 heterocycles. The largest absolute Gasteiger partial charge is 0.486 e. The summed E-state index contributed by atoms with van der Waals surface area (Å²) >= 11 is 6.00. The zero-order valence-corrected chi connectivity index (χ0v) is 14.9. The monoisotopic (exact) mass is 349 g/mol. The van der Waals surface area contributed by atoms with E-state index in [4.69, 9.17) is 16.3 Å². The van der Waals surface area contributed by atoms with Crippen LogP contribution in [0.2, 0.25) is 5.02 Å². The Kier molecular flexibility index (Phi) is 5.62. The number of ketones is 1. The number of carbonyl (C=O) groups is 1. The van der Waals surface area contributed by atoms with Crippen LogP contribution >= 0.6 is 11.6 Å². The zero-order chi connectivity index (χ0) is 17.9. The van der Waals surface area contributed by atoms with Crippen molar-refractivity contribution in [2.24, 2.45) is 7.05 Å². The molecule has 0 unspecified atom stereocenters. The zero-order valence-electron chi connectivity index (χ0n) is 14.2. The van der Waals surface area contributed by atoms with Crippen LogP contribution in [0.4, 0.5) is 5.95 Å². The molecule has 0 aliphatic rings. The number of aromatic nitrogens is 2. The Balaban J connectivity index is 2.46. The molecule has 0 aliphatic heterocycles. The Morgan fingerprint density at radius 2 is 2.12 bits per heavy atom. The highest BCUT2D eigenvalue weighted by molar-refractivity contribution is 6.30. The number of nitrogens with zero attached hydrogens (tertiary/aromatic N) is 3. The fourth-order valence-electron chi connectivity index (χ4n) is 2.40. The lowest BCUT2D eigenvalue weighted by molar-refractivity contribution is 0.100. The van der Waals surface area contributed by atoms with Crippen LogP contribution in [-0.4, -0.2) is 29.0 Å². The van der Waals surface area contributed by atoms with Crippen molar-refractivity contribution < 1.29 is 9.53 Å². The van der Waals surface area contributed by atoms with Gasteiger partial charge in [-0.15, -0.1) is 0 Å². The molecule has 0 radical (unpaired) electrons. The maximum atomic E-state index is 12.5. The summed E-state index contributed by atoms with van der Waals surface area (Å²) in [7, 11) is 3.40. The summed E-state index contributed by atoms with van der Waals surface area (Å²) in [5.74, 6) is 0.0644. The molecule has 0 fully saturated rings. The molecule has 6 nitrogen and oxygen atoms in total. The van der Waals surface area contributed by atoms with Crippen molar-refractivity contribution in [1.82, 2.24) is 9.55 Å². The molecule has 1 aromatic heterocycles. The molecular weight excluding hydrogens is 330 g/mol. The van der Waals surface area contributed by atoms with Gasteiger partial charge in [0.1, 0.15) is 0 Å². The van der Waals surface area contributed by atoms with Crippen LogP contribution in [0.25, 0.3) is 0 Å². The van der Waals surface area contributed by atoms with Crippen LogP contribution in [0.3, 0.4) is 0 Å². The van der Waals surface area contributed by atoms with Gasteiger partial charge in [0.2, 0.25) is 11.7 Å². The quantitative estimate of drug-likeness (QED) is 0.750. The summed E-state index contributed by atoms with van der Waals surface area (Å²) in [6.07, 6.45) is 0. The van der Waals surface area contributed by atoms with Crippen molar-refractivity contribution in [2.75, 3.05) is 18.6 Å². The molecule has 1 aromatic carbocycles. The summed E-state index contributed by atoms with van der Waals surface area (Å²) in [5.41, 5.74) is 0.635. The van der Waals surface area contributed by atoms with Gasteiger partial charge in [-0.05, 0) is 24.6 Å². The van der Waals surface area contributed by atoms with Crippen molar-refractivity contribution in [2.45, 2.75) is 20.4 Å². The second-order valence-corrected chi connectivity index (χ2v) is 5.87. The normalized spacial score (nSPS) is 10.5. The maximum Gasteiger partial charge on any atom is 0.297 e. The second-order valence-electron chi connectivity index (χ2n) is 5.43. The number of rotatable bonds is 6. The van der Waals surface area contributed by atoms with Crippen LogP contribution in [0, 0.1) is 0 Å². The van der Waals surface area contributed by atoms with E-state index in [1.807, 2.05) is 18.2 Å². The molecule has 24 heavy (non-hydrogen) atoms. The first-order valence-corrected chi connectivity index (χ1v) is 7.93. The van der Waals surface area contributed by atoms with E-state index < -0.39 is 0 Å². The third kappa shape index (κ3) is 3.76. The first-order valence-electron chi connectivity index (χ1n) is 7.55. The first-order chi connectivity index (χ1) is 11.3. The Hall–Kier alpha value is -2.34. The molecule has 0 aliphatic carbocycles. The number of ether oxygens (including phenoxy) is 1. The van der Waals surface area contributed by atoms with E-state index >= 15 is 0 Å². The number of halogens is 1. The maximum absolute atomic E-state index is 12.5. The van der Waals surface area contributed by atoms with E-state index in [1.165, 1.54) is 11.5 Å². The number of hydrogen-bond acceptors (Lipinski definition) is 5. The summed E-state index contributed by atoms with van der Waals surface area (Å²) in [6.45, 7) is 3.90. The van der Waals surface area contributed by atoms with E-state index in [-0.39, 0.29) is 29.4 Å². The van der Waals surface area contributed by atoms with Crippen molar-refractivity contribution in [1.29, 1.82) is 0 Å². The molecule has 7 heteroatoms. The van der Waals surface area contributed by atoms with Crippen LogP contribution in [0.1, 0.15) is 29.9 Å². The van der Waals surface area contributed by atoms with Crippen molar-refractivity contribution in [3.8, 4) is 5.75 Å². The molecule has 0 saturated heterocycles. The molecule has 0 N–H and O–H groups in total. The molecule has 128 valence electrons. The molecule has 2 rings (SSSR count). The van der Waals surface area contributed by atoms with Gasteiger partial charge in [-0.2, -0.15) is 0 Å². The van der Waals surface area contributed by atoms with Crippen molar-refractivity contribution >= 4 is 23.3 Å². The first kappa shape index (κ1) is 18.0. The van der Waals surface area contributed by atoms with E-state index in [1.54, 1.807) is 32.0 Å². The lowest BCUT2D eigenvalue weighted by Gasteiger charge is -2.22. The molecule has 0 spiro atoms. The van der Waals surface area contributed by atoms with E-state index in [9.17, 15) is 9.59 Å². The molecule has 0 saturated carbocycles. The third-order valence-corrected chi connectivity index (χ3v) is 3.73. The Morgan fingerprint density at radius 3 is 2.71 bits per heavy atom. The predicted molar refractivity (Wildman–Crippen MR) is 94.2 cm³/mol. The van der Waals surface area contributed by atoms with Gasteiger partial charge in [0.05, 0.1) is 6.61 Å². The topological polar surface area (TPSA) is 64.4 Å². The second kappa shape index (κ2) is 7.49. The fourth-order valence-corrected chi connectivity index (χ4v) is 2.62. The highest BCUT2D eigenvalue weighted by Gasteiger charge is 2.21. The Bertz CT molecular complexity index is 817. The van der Waals surface area contributed by atoms with Gasteiger partial charge in [-0.25, -0.2) is 4.98 Å². The number of carbonyl (C=O) groups excluding carboxylic acids is 1. The minimum atomic E-state index is -0.384. The van der Waals surface area contributed by atoms with E-state index in [0.29, 0.717) is 17.5 Å². The number of hydrogen-bond donors (Lipinski definition) is 0. The van der Waals surface area contributed by atoms with Crippen LogP contribution < -0.4 is 15.2 Å². The van der Waals surface area contributed by atoms with Crippen molar-refractivity contribution in [3.05, 3.63) is 50.9 Å². The van der Waals surface area contributed by atoms with Gasteiger partial charge in [0, 0.05) is 32.6 Å². The van der Waals surface area contributed by atoms with Crippen LogP contribution in [0.15, 0.2) is 29.1 Å². The lowest BCUT2D eigenvalue weighted by Crippen LogP contribution is -2.31. The third-order valence-electron chi connectivity index (χ3n) is 3.50. The average molecular weight is 350 g/mol. The molecular formula is C17H20ClN3O3. The van der Waals surface area contributed by atoms with Crippen LogP contribution in [0.5, 0.6) is 5.75 Å². The average Bonchev–Trinajstić information content (AvgIpc) is 2.51. The highest BCUT2D eigenvalue weighted by atomic mass is 35.5. The van der Waals surface area contributed by atoms with Crippen LogP contribution in [-0.2, 0) is 13.6 Å². The molecule has 0 atom stereocenters. The number of benzene rings is 1. The summed E-state index contributed by atoms with van der Waals surface area (Å²) < 4.78 is 6.70. The number of anilines is 1. The summed E-state index contributed by atoms with van der Waals surface area (Å²) in [4.78, 5) is 30.5. The van der Waals surface area contributed by atoms with Gasteiger partial charge in [0.25, 0.3) is 5.56 Å². The lowest BCUT2D eigenvalue weighted by atomic mass is 10.2.